The Kier molecular flexibility index (Phi) is 4.77. The molecular weight excluding hydrogens is 352 g/mol. The monoisotopic (exact) mass is 370 g/mol. The molecule has 0 atom stereocenters. The number of ketones is 1. The van der Waals surface area contributed by atoms with Gasteiger partial charge in [-0.1, -0.05) is 66.7 Å². The highest BCUT2D eigenvalue weighted by Gasteiger charge is 2.24. The molecule has 1 aromatic heterocycles. The van der Waals surface area contributed by atoms with E-state index in [0.29, 0.717) is 34.5 Å². The summed E-state index contributed by atoms with van der Waals surface area (Å²) >= 11 is 0. The van der Waals surface area contributed by atoms with E-state index in [0.717, 1.165) is 0 Å². The normalized spacial score (nSPS) is 10.8. The average Bonchev–Trinajstić information content (AvgIpc) is 2.74. The topological polar surface area (TPSA) is 56.5 Å². The largest absolute Gasteiger partial charge is 0.493 e. The van der Waals surface area contributed by atoms with Crippen LogP contribution in [-0.4, -0.2) is 12.4 Å². The van der Waals surface area contributed by atoms with Crippen LogP contribution in [0.1, 0.15) is 23.0 Å². The van der Waals surface area contributed by atoms with Gasteiger partial charge in [0.2, 0.25) is 11.2 Å². The van der Waals surface area contributed by atoms with Gasteiger partial charge in [0.05, 0.1) is 12.2 Å². The SMILES string of the molecule is CCOc1cccc2oc(C(=O)c3ccccc3)c(-c3ccccc3)c(=O)c12. The van der Waals surface area contributed by atoms with Gasteiger partial charge in [0, 0.05) is 5.56 Å². The molecule has 0 fully saturated rings. The molecular formula is C24H18O4. The minimum Gasteiger partial charge on any atom is -0.493 e. The maximum absolute atomic E-state index is 13.5. The maximum atomic E-state index is 13.5. The smallest absolute Gasteiger partial charge is 0.228 e. The second-order valence-corrected chi connectivity index (χ2v) is 6.26. The highest BCUT2D eigenvalue weighted by molar-refractivity contribution is 6.12. The summed E-state index contributed by atoms with van der Waals surface area (Å²) in [6.07, 6.45) is 0. The summed E-state index contributed by atoms with van der Waals surface area (Å²) in [7, 11) is 0. The molecule has 4 aromatic rings. The molecule has 138 valence electrons. The Morgan fingerprint density at radius 2 is 1.57 bits per heavy atom. The van der Waals surface area contributed by atoms with Gasteiger partial charge >= 0.3 is 0 Å². The van der Waals surface area contributed by atoms with Crippen LogP contribution >= 0.6 is 0 Å². The number of fused-ring (bicyclic) bond motifs is 1. The van der Waals surface area contributed by atoms with Gasteiger partial charge in [-0.15, -0.1) is 0 Å². The zero-order valence-electron chi connectivity index (χ0n) is 15.3. The Hall–Kier alpha value is -3.66. The Morgan fingerprint density at radius 1 is 0.893 bits per heavy atom. The van der Waals surface area contributed by atoms with Gasteiger partial charge in [-0.2, -0.15) is 0 Å². The Labute approximate surface area is 162 Å². The van der Waals surface area contributed by atoms with Crippen molar-refractivity contribution in [3.63, 3.8) is 0 Å². The third kappa shape index (κ3) is 3.09. The first kappa shape index (κ1) is 17.7. The molecule has 0 bridgehead atoms. The Morgan fingerprint density at radius 3 is 2.25 bits per heavy atom. The Bertz CT molecular complexity index is 1190. The first-order chi connectivity index (χ1) is 13.7. The third-order valence-corrected chi connectivity index (χ3v) is 4.49. The van der Waals surface area contributed by atoms with Crippen molar-refractivity contribution in [3.05, 3.63) is 100 Å². The van der Waals surface area contributed by atoms with E-state index in [1.54, 1.807) is 54.6 Å². The number of ether oxygens (including phenoxy) is 1. The molecule has 0 aliphatic heterocycles. The predicted molar refractivity (Wildman–Crippen MR) is 109 cm³/mol. The molecule has 0 saturated heterocycles. The van der Waals surface area contributed by atoms with E-state index in [9.17, 15) is 9.59 Å². The minimum absolute atomic E-state index is 0.0311. The lowest BCUT2D eigenvalue weighted by Crippen LogP contribution is -2.14. The number of hydrogen-bond acceptors (Lipinski definition) is 4. The van der Waals surface area contributed by atoms with Crippen molar-refractivity contribution in [1.82, 2.24) is 0 Å². The maximum Gasteiger partial charge on any atom is 0.228 e. The lowest BCUT2D eigenvalue weighted by atomic mass is 9.97. The van der Waals surface area contributed by atoms with E-state index in [1.807, 2.05) is 31.2 Å². The molecule has 0 N–H and O–H groups in total. The molecule has 3 aromatic carbocycles. The minimum atomic E-state index is -0.333. The summed E-state index contributed by atoms with van der Waals surface area (Å²) in [5.74, 6) is 0.147. The van der Waals surface area contributed by atoms with Crippen molar-refractivity contribution in [2.45, 2.75) is 6.92 Å². The van der Waals surface area contributed by atoms with Gasteiger partial charge in [0.15, 0.2) is 5.76 Å². The summed E-state index contributed by atoms with van der Waals surface area (Å²) in [5.41, 5.74) is 1.38. The van der Waals surface area contributed by atoms with E-state index in [2.05, 4.69) is 0 Å². The zero-order chi connectivity index (χ0) is 19.5. The van der Waals surface area contributed by atoms with Crippen LogP contribution in [0.5, 0.6) is 5.75 Å². The van der Waals surface area contributed by atoms with Crippen LogP contribution in [0.25, 0.3) is 22.1 Å². The Balaban J connectivity index is 2.06. The van der Waals surface area contributed by atoms with Crippen LogP contribution in [0.15, 0.2) is 88.1 Å². The lowest BCUT2D eigenvalue weighted by molar-refractivity contribution is 0.101. The molecule has 4 nitrogen and oxygen atoms in total. The van der Waals surface area contributed by atoms with Crippen molar-refractivity contribution in [2.75, 3.05) is 6.61 Å². The summed E-state index contributed by atoms with van der Waals surface area (Å²) in [4.78, 5) is 26.7. The number of rotatable bonds is 5. The molecule has 0 saturated carbocycles. The molecule has 0 aliphatic rings. The molecule has 1 heterocycles. The molecule has 4 heteroatoms. The van der Waals surface area contributed by atoms with Crippen LogP contribution in [0.4, 0.5) is 0 Å². The zero-order valence-corrected chi connectivity index (χ0v) is 15.3. The lowest BCUT2D eigenvalue weighted by Gasteiger charge is -2.12. The molecule has 0 unspecified atom stereocenters. The number of carbonyl (C=O) groups is 1. The highest BCUT2D eigenvalue weighted by Crippen LogP contribution is 2.30. The fraction of sp³-hybridized carbons (Fsp3) is 0.0833. The van der Waals surface area contributed by atoms with Gasteiger partial charge in [0.1, 0.15) is 16.7 Å². The van der Waals surface area contributed by atoms with Gasteiger partial charge in [-0.05, 0) is 24.6 Å². The van der Waals surface area contributed by atoms with Crippen molar-refractivity contribution in [2.24, 2.45) is 0 Å². The molecule has 0 radical (unpaired) electrons. The van der Waals surface area contributed by atoms with Gasteiger partial charge < -0.3 is 9.15 Å². The fourth-order valence-corrected chi connectivity index (χ4v) is 3.23. The number of benzene rings is 3. The van der Waals surface area contributed by atoms with Crippen LogP contribution < -0.4 is 10.2 Å². The van der Waals surface area contributed by atoms with Crippen LogP contribution in [0.2, 0.25) is 0 Å². The summed E-state index contributed by atoms with van der Waals surface area (Å²) in [6.45, 7) is 2.27. The summed E-state index contributed by atoms with van der Waals surface area (Å²) in [6, 6.07) is 23.1. The van der Waals surface area contributed by atoms with Crippen molar-refractivity contribution in [3.8, 4) is 16.9 Å². The van der Waals surface area contributed by atoms with Gasteiger partial charge in [-0.3, -0.25) is 9.59 Å². The van der Waals surface area contributed by atoms with Crippen LogP contribution in [0.3, 0.4) is 0 Å². The summed E-state index contributed by atoms with van der Waals surface area (Å²) in [5, 5.41) is 0.341. The quantitative estimate of drug-likeness (QED) is 0.459. The number of carbonyl (C=O) groups excluding carboxylic acids is 1. The molecule has 0 spiro atoms. The molecule has 28 heavy (non-hydrogen) atoms. The van der Waals surface area contributed by atoms with Crippen molar-refractivity contribution < 1.29 is 13.9 Å². The molecule has 0 amide bonds. The van der Waals surface area contributed by atoms with Gasteiger partial charge in [0.25, 0.3) is 0 Å². The highest BCUT2D eigenvalue weighted by atomic mass is 16.5. The van der Waals surface area contributed by atoms with Crippen LogP contribution in [-0.2, 0) is 0 Å². The summed E-state index contributed by atoms with van der Waals surface area (Å²) < 4.78 is 11.6. The van der Waals surface area contributed by atoms with Crippen molar-refractivity contribution in [1.29, 1.82) is 0 Å². The number of hydrogen-bond donors (Lipinski definition) is 0. The predicted octanol–water partition coefficient (Wildman–Crippen LogP) is 5.09. The van der Waals surface area contributed by atoms with E-state index in [4.69, 9.17) is 9.15 Å². The first-order valence-corrected chi connectivity index (χ1v) is 9.08. The standard InChI is InChI=1S/C24H18O4/c1-2-27-18-14-9-15-19-21(18)23(26)20(16-10-5-3-6-11-16)24(28-19)22(25)17-12-7-4-8-13-17/h3-15H,2H2,1H3. The molecule has 4 rings (SSSR count). The van der Waals surface area contributed by atoms with E-state index < -0.39 is 0 Å². The average molecular weight is 370 g/mol. The molecule has 0 aliphatic carbocycles. The van der Waals surface area contributed by atoms with E-state index in [-0.39, 0.29) is 22.5 Å². The van der Waals surface area contributed by atoms with Gasteiger partial charge in [-0.25, -0.2) is 0 Å². The van der Waals surface area contributed by atoms with Crippen molar-refractivity contribution >= 4 is 16.8 Å². The van der Waals surface area contributed by atoms with E-state index >= 15 is 0 Å². The fourth-order valence-electron chi connectivity index (χ4n) is 3.23. The second-order valence-electron chi connectivity index (χ2n) is 6.26. The van der Waals surface area contributed by atoms with E-state index in [1.165, 1.54) is 0 Å². The second kappa shape index (κ2) is 7.53. The third-order valence-electron chi connectivity index (χ3n) is 4.49. The van der Waals surface area contributed by atoms with Crippen LogP contribution in [0, 0.1) is 0 Å². The first-order valence-electron chi connectivity index (χ1n) is 9.08.